The molecule has 1 aliphatic rings. The molecule has 3 N–H and O–H groups in total. The summed E-state index contributed by atoms with van der Waals surface area (Å²) in [6.07, 6.45) is 2.21. The van der Waals surface area contributed by atoms with Gasteiger partial charge in [-0.25, -0.2) is 4.39 Å². The number of fused-ring (bicyclic) bond motifs is 1. The van der Waals surface area contributed by atoms with E-state index in [1.165, 1.54) is 35.6 Å². The lowest BCUT2D eigenvalue weighted by Crippen LogP contribution is -2.19. The highest BCUT2D eigenvalue weighted by atomic mass is 35.5. The molecule has 0 aliphatic heterocycles. The molecule has 8 heteroatoms. The first-order valence-corrected chi connectivity index (χ1v) is 9.31. The van der Waals surface area contributed by atoms with Crippen molar-refractivity contribution >= 4 is 50.4 Å². The highest BCUT2D eigenvalue weighted by Crippen LogP contribution is 2.39. The molecule has 0 bridgehead atoms. The molecule has 1 aliphatic carbocycles. The molecule has 0 radical (unpaired) electrons. The number of nitrogens with zero attached hydrogens (tertiary/aromatic N) is 1. The van der Waals surface area contributed by atoms with Crippen LogP contribution in [-0.2, 0) is 6.54 Å². The van der Waals surface area contributed by atoms with Gasteiger partial charge in [0.25, 0.3) is 11.5 Å². The average molecular weight is 392 g/mol. The number of hydrogen-bond acceptors (Lipinski definition) is 4. The van der Waals surface area contributed by atoms with Crippen LogP contribution in [0.25, 0.3) is 10.2 Å². The Labute approximate surface area is 157 Å². The summed E-state index contributed by atoms with van der Waals surface area (Å²) in [5.74, 6) is -0.613. The first-order chi connectivity index (χ1) is 12.4. The number of aromatic nitrogens is 1. The van der Waals surface area contributed by atoms with E-state index in [2.05, 4.69) is 5.32 Å². The second-order valence-electron chi connectivity index (χ2n) is 6.37. The van der Waals surface area contributed by atoms with E-state index >= 15 is 0 Å². The molecule has 0 saturated heterocycles. The number of hydrogen-bond donors (Lipinski definition) is 2. The van der Waals surface area contributed by atoms with E-state index in [9.17, 15) is 14.0 Å². The average Bonchev–Trinajstić information content (AvgIpc) is 3.34. The van der Waals surface area contributed by atoms with Crippen LogP contribution in [0.4, 0.5) is 15.8 Å². The number of carbonyl (C=O) groups is 1. The van der Waals surface area contributed by atoms with Crippen molar-refractivity contribution in [1.29, 1.82) is 0 Å². The van der Waals surface area contributed by atoms with Crippen LogP contribution in [0.3, 0.4) is 0 Å². The normalized spacial score (nSPS) is 13.9. The number of carbonyl (C=O) groups excluding carboxylic acids is 1. The van der Waals surface area contributed by atoms with Crippen LogP contribution in [0.1, 0.15) is 22.5 Å². The maximum absolute atomic E-state index is 13.4. The van der Waals surface area contributed by atoms with Crippen molar-refractivity contribution < 1.29 is 9.18 Å². The van der Waals surface area contributed by atoms with Crippen LogP contribution in [-0.4, -0.2) is 10.5 Å². The van der Waals surface area contributed by atoms with Crippen molar-refractivity contribution in [1.82, 2.24) is 4.57 Å². The minimum absolute atomic E-state index is 0.0270. The van der Waals surface area contributed by atoms with Crippen molar-refractivity contribution in [3.05, 3.63) is 56.4 Å². The molecular formula is C18H15ClFN3O2S. The molecule has 3 aromatic rings. The summed E-state index contributed by atoms with van der Waals surface area (Å²) in [5, 5.41) is 3.80. The third-order valence-electron chi connectivity index (χ3n) is 4.38. The first kappa shape index (κ1) is 17.1. The molecule has 1 aromatic carbocycles. The van der Waals surface area contributed by atoms with Gasteiger partial charge in [0.15, 0.2) is 0 Å². The fraction of sp³-hybridized carbons (Fsp3) is 0.222. The molecule has 134 valence electrons. The summed E-state index contributed by atoms with van der Waals surface area (Å²) in [6, 6.07) is 7.37. The number of primary amides is 1. The topological polar surface area (TPSA) is 77.1 Å². The zero-order valence-corrected chi connectivity index (χ0v) is 15.2. The lowest BCUT2D eigenvalue weighted by atomic mass is 10.2. The van der Waals surface area contributed by atoms with Crippen LogP contribution in [0, 0.1) is 11.7 Å². The third kappa shape index (κ3) is 3.08. The van der Waals surface area contributed by atoms with Crippen LogP contribution in [0.5, 0.6) is 0 Å². The number of anilines is 2. The molecule has 4 rings (SSSR count). The van der Waals surface area contributed by atoms with Crippen molar-refractivity contribution in [2.75, 3.05) is 5.32 Å². The summed E-state index contributed by atoms with van der Waals surface area (Å²) in [4.78, 5) is 25.3. The van der Waals surface area contributed by atoms with E-state index in [1.54, 1.807) is 10.6 Å². The number of amides is 1. The predicted octanol–water partition coefficient (Wildman–Crippen LogP) is 4.11. The molecule has 1 amide bonds. The number of pyridine rings is 1. The SMILES string of the molecule is NC(=O)c1sc2c(ccc(=O)n2CC2CC2)c1Nc1ccc(F)c(Cl)c1. The molecule has 1 saturated carbocycles. The molecule has 5 nitrogen and oxygen atoms in total. The van der Waals surface area contributed by atoms with E-state index in [4.69, 9.17) is 17.3 Å². The van der Waals surface area contributed by atoms with Gasteiger partial charge in [-0.2, -0.15) is 0 Å². The zero-order valence-electron chi connectivity index (χ0n) is 13.6. The standard InChI is InChI=1S/C18H15ClFN3O2S/c19-12-7-10(3-5-13(12)20)22-15-11-4-6-14(24)23(8-9-1-2-9)18(11)26-16(15)17(21)25/h3-7,9,22H,1-2,8H2,(H2,21,25). The first-order valence-electron chi connectivity index (χ1n) is 8.12. The van der Waals surface area contributed by atoms with Crippen LogP contribution >= 0.6 is 22.9 Å². The van der Waals surface area contributed by atoms with Crippen molar-refractivity contribution in [3.8, 4) is 0 Å². The Hall–Kier alpha value is -2.38. The molecule has 1 fully saturated rings. The van der Waals surface area contributed by atoms with Gasteiger partial charge in [-0.3, -0.25) is 14.2 Å². The highest BCUT2D eigenvalue weighted by Gasteiger charge is 2.25. The summed E-state index contributed by atoms with van der Waals surface area (Å²) >= 11 is 7.02. The van der Waals surface area contributed by atoms with Crippen LogP contribution < -0.4 is 16.6 Å². The van der Waals surface area contributed by atoms with Crippen LogP contribution in [0.15, 0.2) is 35.1 Å². The van der Waals surface area contributed by atoms with E-state index in [1.807, 2.05) is 0 Å². The van der Waals surface area contributed by atoms with Gasteiger partial charge >= 0.3 is 0 Å². The minimum Gasteiger partial charge on any atom is -0.365 e. The van der Waals surface area contributed by atoms with Gasteiger partial charge < -0.3 is 11.1 Å². The fourth-order valence-electron chi connectivity index (χ4n) is 2.88. The molecule has 2 heterocycles. The number of benzene rings is 1. The lowest BCUT2D eigenvalue weighted by molar-refractivity contribution is 0.100. The molecule has 0 atom stereocenters. The zero-order chi connectivity index (χ0) is 18.4. The number of rotatable bonds is 5. The lowest BCUT2D eigenvalue weighted by Gasteiger charge is -2.09. The van der Waals surface area contributed by atoms with Gasteiger partial charge in [-0.1, -0.05) is 11.6 Å². The number of halogens is 2. The van der Waals surface area contributed by atoms with Gasteiger partial charge in [0, 0.05) is 23.7 Å². The predicted molar refractivity (Wildman–Crippen MR) is 102 cm³/mol. The Bertz CT molecular complexity index is 1090. The second-order valence-corrected chi connectivity index (χ2v) is 7.77. The maximum Gasteiger partial charge on any atom is 0.261 e. The van der Waals surface area contributed by atoms with Gasteiger partial charge in [-0.05, 0) is 43.0 Å². The molecular weight excluding hydrogens is 377 g/mol. The Kier molecular flexibility index (Phi) is 4.20. The largest absolute Gasteiger partial charge is 0.365 e. The minimum atomic E-state index is -0.590. The van der Waals surface area contributed by atoms with E-state index in [0.717, 1.165) is 18.2 Å². The van der Waals surface area contributed by atoms with Crippen molar-refractivity contribution in [3.63, 3.8) is 0 Å². The molecule has 26 heavy (non-hydrogen) atoms. The number of nitrogens with two attached hydrogens (primary N) is 1. The van der Waals surface area contributed by atoms with E-state index in [0.29, 0.717) is 33.5 Å². The summed E-state index contributed by atoms with van der Waals surface area (Å²) in [6.45, 7) is 0.636. The Morgan fingerprint density at radius 3 is 2.77 bits per heavy atom. The van der Waals surface area contributed by atoms with Gasteiger partial charge in [0.2, 0.25) is 0 Å². The molecule has 0 unspecified atom stereocenters. The molecule has 2 aromatic heterocycles. The second kappa shape index (κ2) is 6.41. The summed E-state index contributed by atoms with van der Waals surface area (Å²) < 4.78 is 15.1. The maximum atomic E-state index is 13.4. The number of thiophene rings is 1. The molecule has 0 spiro atoms. The van der Waals surface area contributed by atoms with Crippen molar-refractivity contribution in [2.24, 2.45) is 11.7 Å². The summed E-state index contributed by atoms with van der Waals surface area (Å²) in [5.41, 5.74) is 6.48. The van der Waals surface area contributed by atoms with Gasteiger partial charge in [-0.15, -0.1) is 11.3 Å². The van der Waals surface area contributed by atoms with Gasteiger partial charge in [0.1, 0.15) is 15.5 Å². The Morgan fingerprint density at radius 2 is 2.12 bits per heavy atom. The monoisotopic (exact) mass is 391 g/mol. The fourth-order valence-corrected chi connectivity index (χ4v) is 4.17. The highest BCUT2D eigenvalue weighted by molar-refractivity contribution is 7.21. The smallest absolute Gasteiger partial charge is 0.261 e. The van der Waals surface area contributed by atoms with E-state index in [-0.39, 0.29) is 10.6 Å². The summed E-state index contributed by atoms with van der Waals surface area (Å²) in [7, 11) is 0. The third-order valence-corrected chi connectivity index (χ3v) is 5.91. The van der Waals surface area contributed by atoms with Crippen molar-refractivity contribution in [2.45, 2.75) is 19.4 Å². The van der Waals surface area contributed by atoms with Gasteiger partial charge in [0.05, 0.1) is 10.7 Å². The van der Waals surface area contributed by atoms with Crippen LogP contribution in [0.2, 0.25) is 5.02 Å². The quantitative estimate of drug-likeness (QED) is 0.687. The Morgan fingerprint density at radius 1 is 1.35 bits per heavy atom. The Balaban J connectivity index is 1.86. The van der Waals surface area contributed by atoms with E-state index < -0.39 is 11.7 Å². The number of nitrogens with one attached hydrogen (secondary N) is 1.